The summed E-state index contributed by atoms with van der Waals surface area (Å²) in [5.74, 6) is -0.403. The molecule has 0 spiro atoms. The molecule has 0 saturated carbocycles. The number of aliphatic carboxylic acids is 1. The highest BCUT2D eigenvalue weighted by molar-refractivity contribution is 5.76. The summed E-state index contributed by atoms with van der Waals surface area (Å²) in [5.41, 5.74) is 0.679. The van der Waals surface area contributed by atoms with Crippen LogP contribution in [-0.4, -0.2) is 44.8 Å². The Bertz CT molecular complexity index is 481. The fourth-order valence-corrected chi connectivity index (χ4v) is 2.38. The van der Waals surface area contributed by atoms with Gasteiger partial charge in [0, 0.05) is 0 Å². The van der Waals surface area contributed by atoms with Crippen molar-refractivity contribution in [3.63, 3.8) is 0 Å². The van der Waals surface area contributed by atoms with Gasteiger partial charge in [-0.2, -0.15) is 0 Å². The molecule has 1 aromatic carbocycles. The number of methoxy groups -OCH3 is 2. The first kappa shape index (κ1) is 15.6. The van der Waals surface area contributed by atoms with Gasteiger partial charge in [0.1, 0.15) is 0 Å². The molecule has 21 heavy (non-hydrogen) atoms. The van der Waals surface area contributed by atoms with Crippen molar-refractivity contribution in [2.75, 3.05) is 27.4 Å². The first-order valence-corrected chi connectivity index (χ1v) is 6.83. The second-order valence-corrected chi connectivity index (χ2v) is 4.75. The average molecular weight is 296 g/mol. The molecule has 1 fully saturated rings. The molecule has 0 radical (unpaired) electrons. The second kappa shape index (κ2) is 7.28. The van der Waals surface area contributed by atoms with E-state index in [0.29, 0.717) is 43.1 Å². The van der Waals surface area contributed by atoms with Crippen molar-refractivity contribution < 1.29 is 28.8 Å². The van der Waals surface area contributed by atoms with Crippen LogP contribution in [-0.2, 0) is 14.3 Å². The fraction of sp³-hybridized carbons (Fsp3) is 0.533. The van der Waals surface area contributed by atoms with Gasteiger partial charge in [-0.15, -0.1) is 0 Å². The van der Waals surface area contributed by atoms with Crippen LogP contribution >= 0.6 is 0 Å². The van der Waals surface area contributed by atoms with Crippen LogP contribution in [0, 0.1) is 0 Å². The van der Waals surface area contributed by atoms with E-state index < -0.39 is 11.9 Å². The number of rotatable bonds is 7. The van der Waals surface area contributed by atoms with Crippen molar-refractivity contribution in [3.8, 4) is 11.5 Å². The topological polar surface area (TPSA) is 74.2 Å². The smallest absolute Gasteiger partial charge is 0.310 e. The van der Waals surface area contributed by atoms with E-state index in [-0.39, 0.29) is 6.29 Å². The van der Waals surface area contributed by atoms with Gasteiger partial charge in [0.2, 0.25) is 0 Å². The van der Waals surface area contributed by atoms with E-state index in [1.807, 2.05) is 0 Å². The predicted molar refractivity (Wildman–Crippen MR) is 74.8 cm³/mol. The molecule has 1 aliphatic rings. The minimum absolute atomic E-state index is 0.299. The lowest BCUT2D eigenvalue weighted by molar-refractivity contribution is -0.139. The lowest BCUT2D eigenvalue weighted by Gasteiger charge is -2.17. The maximum atomic E-state index is 11.5. The minimum atomic E-state index is -0.875. The van der Waals surface area contributed by atoms with E-state index in [1.165, 1.54) is 7.11 Å². The van der Waals surface area contributed by atoms with Gasteiger partial charge in [-0.25, -0.2) is 0 Å². The molecule has 1 saturated heterocycles. The number of carbonyl (C=O) groups is 1. The average Bonchev–Trinajstić information content (AvgIpc) is 3.00. The third kappa shape index (κ3) is 3.86. The standard InChI is InChI=1S/C15H20O6/c1-18-12-5-3-10(9-13(12)19-2)11(15(16)17)4-6-14-20-7-8-21-14/h3,5,9,11,14H,4,6-8H2,1-2H3,(H,16,17). The molecule has 0 bridgehead atoms. The Morgan fingerprint density at radius 3 is 2.52 bits per heavy atom. The molecule has 2 rings (SSSR count). The third-order valence-corrected chi connectivity index (χ3v) is 3.49. The monoisotopic (exact) mass is 296 g/mol. The minimum Gasteiger partial charge on any atom is -0.493 e. The molecule has 1 unspecified atom stereocenters. The quantitative estimate of drug-likeness (QED) is 0.830. The molecule has 6 nitrogen and oxygen atoms in total. The third-order valence-electron chi connectivity index (χ3n) is 3.49. The van der Waals surface area contributed by atoms with E-state index >= 15 is 0 Å². The zero-order valence-electron chi connectivity index (χ0n) is 12.2. The number of hydrogen-bond donors (Lipinski definition) is 1. The Balaban J connectivity index is 2.11. The van der Waals surface area contributed by atoms with E-state index in [1.54, 1.807) is 25.3 Å². The largest absolute Gasteiger partial charge is 0.493 e. The van der Waals surface area contributed by atoms with Gasteiger partial charge < -0.3 is 24.1 Å². The van der Waals surface area contributed by atoms with Crippen molar-refractivity contribution in [2.24, 2.45) is 0 Å². The molecular formula is C15H20O6. The number of carboxylic acid groups (broad SMARTS) is 1. The summed E-state index contributed by atoms with van der Waals surface area (Å²) >= 11 is 0. The maximum absolute atomic E-state index is 11.5. The molecule has 1 heterocycles. The van der Waals surface area contributed by atoms with Crippen LogP contribution in [0.15, 0.2) is 18.2 Å². The second-order valence-electron chi connectivity index (χ2n) is 4.75. The van der Waals surface area contributed by atoms with Gasteiger partial charge in [-0.1, -0.05) is 6.07 Å². The van der Waals surface area contributed by atoms with Gasteiger partial charge in [0.15, 0.2) is 17.8 Å². The van der Waals surface area contributed by atoms with Gasteiger partial charge in [-0.05, 0) is 30.5 Å². The molecule has 1 aromatic rings. The van der Waals surface area contributed by atoms with E-state index in [0.717, 1.165) is 0 Å². The van der Waals surface area contributed by atoms with Crippen LogP contribution in [0.3, 0.4) is 0 Å². The highest BCUT2D eigenvalue weighted by atomic mass is 16.7. The Hall–Kier alpha value is -1.79. The summed E-state index contributed by atoms with van der Waals surface area (Å²) < 4.78 is 21.1. The Morgan fingerprint density at radius 1 is 1.29 bits per heavy atom. The molecule has 6 heteroatoms. The SMILES string of the molecule is COc1ccc(C(CCC2OCCO2)C(=O)O)cc1OC. The Labute approximate surface area is 123 Å². The van der Waals surface area contributed by atoms with Gasteiger partial charge >= 0.3 is 5.97 Å². The molecule has 0 aliphatic carbocycles. The number of hydrogen-bond acceptors (Lipinski definition) is 5. The first-order valence-electron chi connectivity index (χ1n) is 6.83. The van der Waals surface area contributed by atoms with Crippen LogP contribution < -0.4 is 9.47 Å². The highest BCUT2D eigenvalue weighted by Gasteiger charge is 2.24. The lowest BCUT2D eigenvalue weighted by Crippen LogP contribution is -2.16. The molecule has 1 N–H and O–H groups in total. The fourth-order valence-electron chi connectivity index (χ4n) is 2.38. The molecule has 1 aliphatic heterocycles. The lowest BCUT2D eigenvalue weighted by atomic mass is 9.94. The predicted octanol–water partition coefficient (Wildman–Crippen LogP) is 2.03. The van der Waals surface area contributed by atoms with Gasteiger partial charge in [-0.3, -0.25) is 4.79 Å². The molecule has 0 amide bonds. The van der Waals surface area contributed by atoms with E-state index in [4.69, 9.17) is 18.9 Å². The zero-order valence-corrected chi connectivity index (χ0v) is 12.2. The van der Waals surface area contributed by atoms with Gasteiger partial charge in [0.05, 0.1) is 33.4 Å². The summed E-state index contributed by atoms with van der Waals surface area (Å²) in [5, 5.41) is 9.44. The summed E-state index contributed by atoms with van der Waals surface area (Å²) in [7, 11) is 3.07. The molecule has 1 atom stereocenters. The summed E-state index contributed by atoms with van der Waals surface area (Å²) in [4.78, 5) is 11.5. The Kier molecular flexibility index (Phi) is 5.41. The maximum Gasteiger partial charge on any atom is 0.310 e. The van der Waals surface area contributed by atoms with Crippen molar-refractivity contribution in [1.82, 2.24) is 0 Å². The van der Waals surface area contributed by atoms with Crippen molar-refractivity contribution in [2.45, 2.75) is 25.0 Å². The summed E-state index contributed by atoms with van der Waals surface area (Å²) in [6.07, 6.45) is 0.688. The highest BCUT2D eigenvalue weighted by Crippen LogP contribution is 2.33. The van der Waals surface area contributed by atoms with Crippen LogP contribution in [0.5, 0.6) is 11.5 Å². The van der Waals surface area contributed by atoms with E-state index in [2.05, 4.69) is 0 Å². The summed E-state index contributed by atoms with van der Waals surface area (Å²) in [6.45, 7) is 1.14. The number of benzene rings is 1. The number of carboxylic acids is 1. The molecule has 0 aromatic heterocycles. The van der Waals surface area contributed by atoms with Crippen molar-refractivity contribution in [1.29, 1.82) is 0 Å². The van der Waals surface area contributed by atoms with Crippen LogP contribution in [0.1, 0.15) is 24.3 Å². The van der Waals surface area contributed by atoms with Crippen LogP contribution in [0.4, 0.5) is 0 Å². The number of ether oxygens (including phenoxy) is 4. The molecular weight excluding hydrogens is 276 g/mol. The Morgan fingerprint density at radius 2 is 1.95 bits per heavy atom. The van der Waals surface area contributed by atoms with Crippen LogP contribution in [0.25, 0.3) is 0 Å². The van der Waals surface area contributed by atoms with E-state index in [9.17, 15) is 9.90 Å². The zero-order chi connectivity index (χ0) is 15.2. The van der Waals surface area contributed by atoms with Crippen LogP contribution in [0.2, 0.25) is 0 Å². The van der Waals surface area contributed by atoms with Crippen molar-refractivity contribution >= 4 is 5.97 Å². The van der Waals surface area contributed by atoms with Crippen molar-refractivity contribution in [3.05, 3.63) is 23.8 Å². The summed E-state index contributed by atoms with van der Waals surface area (Å²) in [6, 6.07) is 5.16. The normalized spacial score (nSPS) is 16.7. The first-order chi connectivity index (χ1) is 10.2. The van der Waals surface area contributed by atoms with Gasteiger partial charge in [0.25, 0.3) is 0 Å². The molecule has 116 valence electrons.